The van der Waals surface area contributed by atoms with Crippen LogP contribution in [0.3, 0.4) is 0 Å². The van der Waals surface area contributed by atoms with Crippen LogP contribution in [-0.2, 0) is 10.2 Å². The number of halogens is 1. The van der Waals surface area contributed by atoms with Crippen molar-refractivity contribution in [3.05, 3.63) is 58.6 Å². The first-order chi connectivity index (χ1) is 10.8. The summed E-state index contributed by atoms with van der Waals surface area (Å²) in [5, 5.41) is 2.88. The van der Waals surface area contributed by atoms with E-state index in [0.717, 1.165) is 10.2 Å². The molecule has 0 aliphatic rings. The number of amides is 1. The zero-order valence-electron chi connectivity index (χ0n) is 13.9. The van der Waals surface area contributed by atoms with Gasteiger partial charge in [0.1, 0.15) is 5.75 Å². The Hall–Kier alpha value is -1.81. The van der Waals surface area contributed by atoms with E-state index in [9.17, 15) is 4.79 Å². The number of benzene rings is 2. The lowest BCUT2D eigenvalue weighted by molar-refractivity contribution is -0.122. The van der Waals surface area contributed by atoms with Gasteiger partial charge in [-0.25, -0.2) is 0 Å². The number of hydrogen-bond acceptors (Lipinski definition) is 2. The number of rotatable bonds is 4. The van der Waals surface area contributed by atoms with Crippen LogP contribution in [0.2, 0.25) is 0 Å². The lowest BCUT2D eigenvalue weighted by Gasteiger charge is -2.19. The average Bonchev–Trinajstić information content (AvgIpc) is 2.49. The van der Waals surface area contributed by atoms with Gasteiger partial charge in [-0.15, -0.1) is 0 Å². The van der Waals surface area contributed by atoms with E-state index in [1.165, 1.54) is 5.56 Å². The van der Waals surface area contributed by atoms with Gasteiger partial charge in [-0.3, -0.25) is 4.79 Å². The summed E-state index contributed by atoms with van der Waals surface area (Å²) < 4.78 is 6.62. The van der Waals surface area contributed by atoms with E-state index in [0.29, 0.717) is 5.75 Å². The molecule has 23 heavy (non-hydrogen) atoms. The van der Waals surface area contributed by atoms with Crippen molar-refractivity contribution in [1.29, 1.82) is 0 Å². The second kappa shape index (κ2) is 7.18. The van der Waals surface area contributed by atoms with Crippen molar-refractivity contribution in [3.8, 4) is 5.75 Å². The summed E-state index contributed by atoms with van der Waals surface area (Å²) in [5.41, 5.74) is 2.10. The van der Waals surface area contributed by atoms with Gasteiger partial charge in [0.05, 0.1) is 0 Å². The molecule has 3 nitrogen and oxygen atoms in total. The minimum absolute atomic E-state index is 0.0977. The Morgan fingerprint density at radius 1 is 1.04 bits per heavy atom. The molecule has 1 amide bonds. The lowest BCUT2D eigenvalue weighted by Crippen LogP contribution is -2.30. The summed E-state index contributed by atoms with van der Waals surface area (Å²) in [7, 11) is 0. The summed E-state index contributed by atoms with van der Waals surface area (Å²) in [6.45, 7) is 8.22. The minimum atomic E-state index is -0.571. The first-order valence-electron chi connectivity index (χ1n) is 7.59. The highest BCUT2D eigenvalue weighted by molar-refractivity contribution is 9.10. The van der Waals surface area contributed by atoms with Crippen molar-refractivity contribution >= 4 is 27.5 Å². The third-order valence-electron chi connectivity index (χ3n) is 3.51. The van der Waals surface area contributed by atoms with Gasteiger partial charge in [-0.2, -0.15) is 0 Å². The fraction of sp³-hybridized carbons (Fsp3) is 0.316. The lowest BCUT2D eigenvalue weighted by atomic mass is 9.87. The molecule has 0 fully saturated rings. The van der Waals surface area contributed by atoms with Gasteiger partial charge in [0.25, 0.3) is 5.91 Å². The van der Waals surface area contributed by atoms with Crippen LogP contribution in [0.4, 0.5) is 5.69 Å². The third-order valence-corrected chi connectivity index (χ3v) is 4.04. The largest absolute Gasteiger partial charge is 0.481 e. The Bertz CT molecular complexity index is 657. The summed E-state index contributed by atoms with van der Waals surface area (Å²) in [4.78, 5) is 12.2. The van der Waals surface area contributed by atoms with Gasteiger partial charge in [0, 0.05) is 10.2 Å². The van der Waals surface area contributed by atoms with Crippen molar-refractivity contribution in [2.75, 3.05) is 5.32 Å². The second-order valence-electron chi connectivity index (χ2n) is 6.53. The summed E-state index contributed by atoms with van der Waals surface area (Å²) in [6.07, 6.45) is -0.571. The standard InChI is InChI=1S/C19H22BrNO2/c1-13(23-17-11-7-15(20)8-12-17)18(22)21-16-9-5-14(6-10-16)19(2,3)4/h5-13H,1-4H3,(H,21,22)/t13-/m0/s1. The Labute approximate surface area is 146 Å². The highest BCUT2D eigenvalue weighted by Gasteiger charge is 2.16. The van der Waals surface area contributed by atoms with Crippen molar-refractivity contribution in [2.45, 2.75) is 39.2 Å². The molecule has 122 valence electrons. The molecule has 0 spiro atoms. The number of hydrogen-bond donors (Lipinski definition) is 1. The van der Waals surface area contributed by atoms with E-state index >= 15 is 0 Å². The van der Waals surface area contributed by atoms with Gasteiger partial charge in [-0.1, -0.05) is 48.8 Å². The number of nitrogens with one attached hydrogen (secondary N) is 1. The van der Waals surface area contributed by atoms with Crippen LogP contribution in [0.25, 0.3) is 0 Å². The minimum Gasteiger partial charge on any atom is -0.481 e. The first-order valence-corrected chi connectivity index (χ1v) is 8.38. The molecule has 2 rings (SSSR count). The summed E-state index contributed by atoms with van der Waals surface area (Å²) in [6, 6.07) is 15.3. The van der Waals surface area contributed by atoms with Crippen LogP contribution >= 0.6 is 15.9 Å². The van der Waals surface area contributed by atoms with Gasteiger partial charge in [0.15, 0.2) is 6.10 Å². The first kappa shape index (κ1) is 17.5. The van der Waals surface area contributed by atoms with Crippen molar-refractivity contribution < 1.29 is 9.53 Å². The van der Waals surface area contributed by atoms with Crippen LogP contribution in [0.1, 0.15) is 33.3 Å². The summed E-state index contributed by atoms with van der Waals surface area (Å²) >= 11 is 3.37. The van der Waals surface area contributed by atoms with E-state index in [-0.39, 0.29) is 11.3 Å². The smallest absolute Gasteiger partial charge is 0.265 e. The van der Waals surface area contributed by atoms with Crippen molar-refractivity contribution in [1.82, 2.24) is 0 Å². The Kier molecular flexibility index (Phi) is 5.47. The number of anilines is 1. The SMILES string of the molecule is C[C@H](Oc1ccc(Br)cc1)C(=O)Nc1ccc(C(C)(C)C)cc1. The molecule has 2 aromatic carbocycles. The van der Waals surface area contributed by atoms with Gasteiger partial charge >= 0.3 is 0 Å². The van der Waals surface area contributed by atoms with Crippen LogP contribution < -0.4 is 10.1 Å². The number of carbonyl (C=O) groups is 1. The normalized spacial score (nSPS) is 12.6. The highest BCUT2D eigenvalue weighted by atomic mass is 79.9. The predicted molar refractivity (Wildman–Crippen MR) is 98.0 cm³/mol. The topological polar surface area (TPSA) is 38.3 Å². The third kappa shape index (κ3) is 5.10. The van der Waals surface area contributed by atoms with Gasteiger partial charge in [-0.05, 0) is 54.3 Å². The molecule has 0 saturated carbocycles. The Balaban J connectivity index is 1.96. The van der Waals surface area contributed by atoms with Crippen LogP contribution in [0.15, 0.2) is 53.0 Å². The number of carbonyl (C=O) groups excluding carboxylic acids is 1. The average molecular weight is 376 g/mol. The Morgan fingerprint density at radius 3 is 2.13 bits per heavy atom. The molecule has 0 radical (unpaired) electrons. The zero-order chi connectivity index (χ0) is 17.0. The van der Waals surface area contributed by atoms with E-state index in [4.69, 9.17) is 4.74 Å². The molecule has 0 aliphatic heterocycles. The molecule has 0 aliphatic carbocycles. The molecular weight excluding hydrogens is 354 g/mol. The fourth-order valence-corrected chi connectivity index (χ4v) is 2.33. The molecule has 0 bridgehead atoms. The van der Waals surface area contributed by atoms with Crippen LogP contribution in [-0.4, -0.2) is 12.0 Å². The van der Waals surface area contributed by atoms with E-state index in [2.05, 4.69) is 42.0 Å². The van der Waals surface area contributed by atoms with Crippen LogP contribution in [0, 0.1) is 0 Å². The van der Waals surface area contributed by atoms with E-state index in [1.807, 2.05) is 48.5 Å². The molecule has 1 atom stereocenters. The number of ether oxygens (including phenoxy) is 1. The second-order valence-corrected chi connectivity index (χ2v) is 7.45. The van der Waals surface area contributed by atoms with Crippen molar-refractivity contribution in [3.63, 3.8) is 0 Å². The molecular formula is C19H22BrNO2. The monoisotopic (exact) mass is 375 g/mol. The predicted octanol–water partition coefficient (Wildman–Crippen LogP) is 5.15. The molecule has 1 N–H and O–H groups in total. The van der Waals surface area contributed by atoms with E-state index in [1.54, 1.807) is 6.92 Å². The van der Waals surface area contributed by atoms with Crippen LogP contribution in [0.5, 0.6) is 5.75 Å². The fourth-order valence-electron chi connectivity index (χ4n) is 2.07. The maximum absolute atomic E-state index is 12.2. The van der Waals surface area contributed by atoms with Gasteiger partial charge in [0.2, 0.25) is 0 Å². The quantitative estimate of drug-likeness (QED) is 0.801. The molecule has 0 saturated heterocycles. The molecule has 4 heteroatoms. The highest BCUT2D eigenvalue weighted by Crippen LogP contribution is 2.23. The molecule has 2 aromatic rings. The molecule has 0 aromatic heterocycles. The summed E-state index contributed by atoms with van der Waals surface area (Å²) in [5.74, 6) is 0.496. The zero-order valence-corrected chi connectivity index (χ0v) is 15.5. The maximum atomic E-state index is 12.2. The van der Waals surface area contributed by atoms with E-state index < -0.39 is 6.10 Å². The van der Waals surface area contributed by atoms with Crippen molar-refractivity contribution in [2.24, 2.45) is 0 Å². The molecule has 0 unspecified atom stereocenters. The molecule has 0 heterocycles. The van der Waals surface area contributed by atoms with Gasteiger partial charge < -0.3 is 10.1 Å². The Morgan fingerprint density at radius 2 is 1.61 bits per heavy atom. The maximum Gasteiger partial charge on any atom is 0.265 e.